The number of amides is 3. The molecule has 3 N–H and O–H groups in total. The summed E-state index contributed by atoms with van der Waals surface area (Å²) >= 11 is 0. The minimum absolute atomic E-state index is 0.00383. The zero-order valence-corrected chi connectivity index (χ0v) is 41.3. The molecule has 0 aromatic rings. The Labute approximate surface area is 407 Å². The van der Waals surface area contributed by atoms with E-state index in [4.69, 9.17) is 52.1 Å². The molecule has 3 amide bonds. The molecule has 2 aliphatic rings. The third kappa shape index (κ3) is 22.8. The van der Waals surface area contributed by atoms with Crippen LogP contribution < -0.4 is 16.0 Å². The first-order chi connectivity index (χ1) is 33.2. The van der Waals surface area contributed by atoms with Crippen molar-refractivity contribution in [2.75, 3.05) is 32.9 Å². The van der Waals surface area contributed by atoms with E-state index in [9.17, 15) is 47.9 Å². The first-order valence-corrected chi connectivity index (χ1v) is 23.3. The van der Waals surface area contributed by atoms with Crippen molar-refractivity contribution in [2.24, 2.45) is 0 Å². The number of hydrogen-bond acceptors (Lipinski definition) is 21. The van der Waals surface area contributed by atoms with Gasteiger partial charge in [-0.05, 0) is 25.3 Å². The smallest absolute Gasteiger partial charge is 0.303 e. The van der Waals surface area contributed by atoms with Gasteiger partial charge in [-0.15, -0.1) is 0 Å². The fraction of sp³-hybridized carbons (Fsp3) is 0.739. The zero-order valence-electron chi connectivity index (χ0n) is 41.3. The van der Waals surface area contributed by atoms with E-state index in [1.54, 1.807) is 0 Å². The number of esters is 7. The van der Waals surface area contributed by atoms with Crippen LogP contribution in [-0.2, 0) is 100 Å². The molecule has 0 saturated carbocycles. The van der Waals surface area contributed by atoms with Gasteiger partial charge in [-0.25, -0.2) is 0 Å². The minimum Gasteiger partial charge on any atom is -0.463 e. The highest BCUT2D eigenvalue weighted by molar-refractivity contribution is 5.88. The topological polar surface area (TPSA) is 308 Å². The molecule has 24 heteroatoms. The molecule has 2 heterocycles. The third-order valence-corrected chi connectivity index (χ3v) is 10.4. The molecule has 70 heavy (non-hydrogen) atoms. The molecule has 0 radical (unpaired) electrons. The van der Waals surface area contributed by atoms with Gasteiger partial charge in [0.15, 0.2) is 43.1 Å². The van der Waals surface area contributed by atoms with Crippen LogP contribution in [0.2, 0.25) is 0 Å². The van der Waals surface area contributed by atoms with Crippen LogP contribution in [0.1, 0.15) is 120 Å². The average Bonchev–Trinajstić information content (AvgIpc) is 3.27. The molecule has 396 valence electrons. The molecule has 0 spiro atoms. The number of carbonyl (C=O) groups is 10. The summed E-state index contributed by atoms with van der Waals surface area (Å²) in [4.78, 5) is 126. The quantitative estimate of drug-likeness (QED) is 0.0397. The van der Waals surface area contributed by atoms with Crippen LogP contribution >= 0.6 is 0 Å². The van der Waals surface area contributed by atoms with Crippen LogP contribution in [0.15, 0.2) is 12.7 Å². The maximum absolute atomic E-state index is 13.7. The summed E-state index contributed by atoms with van der Waals surface area (Å²) in [5, 5.41) is 8.14. The predicted octanol–water partition coefficient (Wildman–Crippen LogP) is 1.45. The van der Waals surface area contributed by atoms with Gasteiger partial charge in [0.1, 0.15) is 37.6 Å². The molecular weight excluding hydrogens is 931 g/mol. The Kier molecular flexibility index (Phi) is 27.8. The summed E-state index contributed by atoms with van der Waals surface area (Å²) in [7, 11) is 0. The van der Waals surface area contributed by atoms with E-state index >= 15 is 0 Å². The zero-order chi connectivity index (χ0) is 52.3. The Morgan fingerprint density at radius 2 is 0.971 bits per heavy atom. The van der Waals surface area contributed by atoms with Crippen LogP contribution in [0.3, 0.4) is 0 Å². The second kappa shape index (κ2) is 32.2. The van der Waals surface area contributed by atoms with E-state index in [-0.39, 0.29) is 18.9 Å². The molecule has 24 nitrogen and oxygen atoms in total. The summed E-state index contributed by atoms with van der Waals surface area (Å²) in [6.07, 6.45) is -8.62. The van der Waals surface area contributed by atoms with Gasteiger partial charge in [0.2, 0.25) is 17.7 Å². The van der Waals surface area contributed by atoms with Crippen molar-refractivity contribution >= 4 is 59.5 Å². The van der Waals surface area contributed by atoms with Crippen molar-refractivity contribution in [1.29, 1.82) is 0 Å². The maximum atomic E-state index is 13.7. The molecule has 2 saturated heterocycles. The van der Waals surface area contributed by atoms with E-state index in [1.165, 1.54) is 0 Å². The summed E-state index contributed by atoms with van der Waals surface area (Å²) in [6.45, 7) is 11.5. The molecule has 11 atom stereocenters. The Morgan fingerprint density at radius 3 is 1.50 bits per heavy atom. The number of ether oxygens (including phenoxy) is 11. The van der Waals surface area contributed by atoms with Gasteiger partial charge < -0.3 is 68.1 Å². The standard InChI is InChI=1S/C46H71N3O21/c1-10-12-13-14-15-18-22-48-44(59)33(49-37(58)20-17-16-19-21-47-36(57)11-2)23-62-45-42(66-31(8)55)41(65-30(7)54)39(35(68-45)25-61-27(4)51)70-46-43(67-32(9)56)40(64-29(6)53)38(63-28(5)52)34(69-46)24-60-26(3)50/h11,33-35,38-43,45-46H,2,10,12-25H2,1,3-9H3,(H,47,57)(H,48,59)(H,49,58)/t33-,34?,35-,38-,39+,40-,41?,42?,43?,45+,46-/m0/s1. The number of rotatable bonds is 30. The second-order valence-corrected chi connectivity index (χ2v) is 16.5. The Balaban J connectivity index is 2.61. The van der Waals surface area contributed by atoms with Crippen molar-refractivity contribution in [2.45, 2.75) is 187 Å². The lowest BCUT2D eigenvalue weighted by atomic mass is 9.96. The number of nitrogens with one attached hydrogen (secondary N) is 3. The van der Waals surface area contributed by atoms with Crippen molar-refractivity contribution in [3.05, 3.63) is 12.7 Å². The summed E-state index contributed by atoms with van der Waals surface area (Å²) in [5.41, 5.74) is 0. The average molecular weight is 1000 g/mol. The van der Waals surface area contributed by atoms with Gasteiger partial charge in [0, 0.05) is 68.0 Å². The van der Waals surface area contributed by atoms with E-state index in [2.05, 4.69) is 29.5 Å². The van der Waals surface area contributed by atoms with Crippen molar-refractivity contribution in [3.8, 4) is 0 Å². The molecule has 0 aliphatic carbocycles. The molecule has 2 rings (SSSR count). The highest BCUT2D eigenvalue weighted by Crippen LogP contribution is 2.35. The Morgan fingerprint density at radius 1 is 0.529 bits per heavy atom. The second-order valence-electron chi connectivity index (χ2n) is 16.5. The summed E-state index contributed by atoms with van der Waals surface area (Å²) < 4.78 is 63.2. The molecule has 0 bridgehead atoms. The fourth-order valence-corrected chi connectivity index (χ4v) is 7.36. The highest BCUT2D eigenvalue weighted by atomic mass is 16.8. The van der Waals surface area contributed by atoms with Gasteiger partial charge >= 0.3 is 41.8 Å². The Hall–Kier alpha value is -5.72. The van der Waals surface area contributed by atoms with Crippen LogP contribution in [0, 0.1) is 0 Å². The van der Waals surface area contributed by atoms with Gasteiger partial charge in [-0.1, -0.05) is 52.0 Å². The predicted molar refractivity (Wildman–Crippen MR) is 239 cm³/mol. The van der Waals surface area contributed by atoms with E-state index in [0.29, 0.717) is 32.2 Å². The SMILES string of the molecule is C=CC(=O)NCCCCCC(=O)N[C@@H](CO[C@@H]1O[C@@H](COC(C)=O)[C@@H](O[C@@H]2OC(COC(C)=O)[C@H](OC(C)=O)[C@H](OC(C)=O)C2OC(C)=O)C(OC(C)=O)C1OC(C)=O)C(=O)NCCCCCCCC. The first kappa shape index (κ1) is 60.4. The maximum Gasteiger partial charge on any atom is 0.303 e. The highest BCUT2D eigenvalue weighted by Gasteiger charge is 2.58. The number of hydrogen-bond donors (Lipinski definition) is 3. The summed E-state index contributed by atoms with van der Waals surface area (Å²) in [6, 6.07) is -1.35. The number of unbranched alkanes of at least 4 members (excludes halogenated alkanes) is 7. The van der Waals surface area contributed by atoms with Gasteiger partial charge in [0.05, 0.1) is 6.61 Å². The summed E-state index contributed by atoms with van der Waals surface area (Å²) in [5.74, 6) is -7.78. The number of carbonyl (C=O) groups excluding carboxylic acids is 10. The molecule has 0 aromatic heterocycles. The Bertz CT molecular complexity index is 1780. The van der Waals surface area contributed by atoms with Crippen LogP contribution in [-0.4, -0.2) is 160 Å². The molecular formula is C46H71N3O21. The molecule has 2 aliphatic heterocycles. The fourth-order valence-electron chi connectivity index (χ4n) is 7.36. The molecule has 0 aromatic carbocycles. The third-order valence-electron chi connectivity index (χ3n) is 10.4. The lowest BCUT2D eigenvalue weighted by molar-refractivity contribution is -0.361. The van der Waals surface area contributed by atoms with Gasteiger partial charge in [-0.3, -0.25) is 47.9 Å². The minimum atomic E-state index is -1.90. The lowest BCUT2D eigenvalue weighted by Gasteiger charge is -2.48. The normalized spacial score (nSPS) is 24.3. The van der Waals surface area contributed by atoms with Crippen LogP contribution in [0.4, 0.5) is 0 Å². The van der Waals surface area contributed by atoms with Crippen molar-refractivity contribution in [1.82, 2.24) is 16.0 Å². The van der Waals surface area contributed by atoms with Crippen molar-refractivity contribution < 1.29 is 100 Å². The van der Waals surface area contributed by atoms with Crippen LogP contribution in [0.5, 0.6) is 0 Å². The largest absolute Gasteiger partial charge is 0.463 e. The molecule has 4 unspecified atom stereocenters. The first-order valence-electron chi connectivity index (χ1n) is 23.3. The lowest BCUT2D eigenvalue weighted by Crippen LogP contribution is -2.67. The van der Waals surface area contributed by atoms with E-state index in [1.807, 2.05) is 0 Å². The van der Waals surface area contributed by atoms with Gasteiger partial charge in [-0.2, -0.15) is 0 Å². The van der Waals surface area contributed by atoms with E-state index < -0.39 is 141 Å². The molecule has 2 fully saturated rings. The van der Waals surface area contributed by atoms with Gasteiger partial charge in [0.25, 0.3) is 0 Å². The van der Waals surface area contributed by atoms with Crippen molar-refractivity contribution in [3.63, 3.8) is 0 Å². The van der Waals surface area contributed by atoms with E-state index in [0.717, 1.165) is 86.6 Å². The van der Waals surface area contributed by atoms with Crippen LogP contribution in [0.25, 0.3) is 0 Å². The monoisotopic (exact) mass is 1000 g/mol.